The summed E-state index contributed by atoms with van der Waals surface area (Å²) in [6.07, 6.45) is 2.12. The third-order valence-electron chi connectivity index (χ3n) is 4.94. The number of hydrogen-bond donors (Lipinski definition) is 1. The molecule has 0 radical (unpaired) electrons. The van der Waals surface area contributed by atoms with E-state index in [9.17, 15) is 9.59 Å². The van der Waals surface area contributed by atoms with Crippen LogP contribution in [-0.4, -0.2) is 51.3 Å². The van der Waals surface area contributed by atoms with E-state index in [0.29, 0.717) is 28.6 Å². The monoisotopic (exact) mass is 388 g/mol. The van der Waals surface area contributed by atoms with Crippen molar-refractivity contribution in [2.45, 2.75) is 56.6 Å². The maximum atomic E-state index is 13.1. The number of amides is 1. The van der Waals surface area contributed by atoms with Gasteiger partial charge in [0.15, 0.2) is 5.16 Å². The van der Waals surface area contributed by atoms with Gasteiger partial charge >= 0.3 is 0 Å². The molecule has 1 aliphatic carbocycles. The summed E-state index contributed by atoms with van der Waals surface area (Å²) in [4.78, 5) is 32.4. The fraction of sp³-hybridized carbons (Fsp3) is 0.550. The van der Waals surface area contributed by atoms with E-state index in [0.717, 1.165) is 32.5 Å². The number of likely N-dealkylation sites (N-methyl/N-ethyl adjacent to an activating group) is 1. The van der Waals surface area contributed by atoms with Crippen LogP contribution in [0.5, 0.6) is 0 Å². The lowest BCUT2D eigenvalue weighted by atomic mass is 10.2. The Labute approximate surface area is 164 Å². The second-order valence-corrected chi connectivity index (χ2v) is 8.25. The molecule has 3 rings (SSSR count). The third kappa shape index (κ3) is 4.90. The minimum atomic E-state index is -0.293. The Balaban J connectivity index is 1.89. The summed E-state index contributed by atoms with van der Waals surface area (Å²) in [6.45, 7) is 9.33. The fourth-order valence-electron chi connectivity index (χ4n) is 2.97. The number of aromatic nitrogens is 2. The number of fused-ring (bicyclic) bond motifs is 1. The predicted molar refractivity (Wildman–Crippen MR) is 110 cm³/mol. The second-order valence-electron chi connectivity index (χ2n) is 6.94. The molecule has 2 aromatic rings. The molecule has 6 nitrogen and oxygen atoms in total. The number of thioether (sulfide) groups is 1. The Hall–Kier alpha value is -1.86. The van der Waals surface area contributed by atoms with Crippen LogP contribution in [0.1, 0.15) is 33.6 Å². The van der Waals surface area contributed by atoms with E-state index >= 15 is 0 Å². The van der Waals surface area contributed by atoms with Gasteiger partial charge in [-0.05, 0) is 45.0 Å². The van der Waals surface area contributed by atoms with Crippen molar-refractivity contribution in [2.24, 2.45) is 0 Å². The van der Waals surface area contributed by atoms with Crippen molar-refractivity contribution in [3.8, 4) is 0 Å². The Morgan fingerprint density at radius 1 is 1.33 bits per heavy atom. The van der Waals surface area contributed by atoms with E-state index in [1.807, 2.05) is 31.2 Å². The predicted octanol–water partition coefficient (Wildman–Crippen LogP) is 2.50. The highest BCUT2D eigenvalue weighted by atomic mass is 32.2. The second kappa shape index (κ2) is 8.89. The van der Waals surface area contributed by atoms with Crippen LogP contribution < -0.4 is 10.9 Å². The van der Waals surface area contributed by atoms with Crippen molar-refractivity contribution in [2.75, 3.05) is 19.6 Å². The number of carbonyl (C=O) groups excluding carboxylic acids is 1. The first-order chi connectivity index (χ1) is 13.0. The van der Waals surface area contributed by atoms with Gasteiger partial charge in [0.1, 0.15) is 0 Å². The van der Waals surface area contributed by atoms with Crippen LogP contribution in [0.15, 0.2) is 34.2 Å². The van der Waals surface area contributed by atoms with E-state index in [2.05, 4.69) is 24.1 Å². The zero-order chi connectivity index (χ0) is 19.4. The van der Waals surface area contributed by atoms with E-state index in [4.69, 9.17) is 4.98 Å². The van der Waals surface area contributed by atoms with E-state index in [-0.39, 0.29) is 16.7 Å². The molecule has 0 bridgehead atoms. The van der Waals surface area contributed by atoms with Crippen molar-refractivity contribution in [3.05, 3.63) is 34.6 Å². The van der Waals surface area contributed by atoms with Gasteiger partial charge < -0.3 is 10.2 Å². The molecule has 1 fully saturated rings. The molecule has 146 valence electrons. The zero-order valence-corrected chi connectivity index (χ0v) is 17.1. The lowest BCUT2D eigenvalue weighted by molar-refractivity contribution is -0.120. The molecule has 27 heavy (non-hydrogen) atoms. The fourth-order valence-corrected chi connectivity index (χ4v) is 3.92. The van der Waals surface area contributed by atoms with Crippen LogP contribution >= 0.6 is 11.8 Å². The van der Waals surface area contributed by atoms with Crippen LogP contribution in [0.3, 0.4) is 0 Å². The maximum Gasteiger partial charge on any atom is 0.262 e. The van der Waals surface area contributed by atoms with E-state index in [1.165, 1.54) is 11.8 Å². The number of carbonyl (C=O) groups is 1. The lowest BCUT2D eigenvalue weighted by Gasteiger charge is -2.21. The lowest BCUT2D eigenvalue weighted by Crippen LogP contribution is -2.34. The molecule has 1 aliphatic rings. The first-order valence-electron chi connectivity index (χ1n) is 9.72. The van der Waals surface area contributed by atoms with Crippen molar-refractivity contribution in [1.82, 2.24) is 19.8 Å². The average molecular weight is 389 g/mol. The molecule has 0 spiro atoms. The normalized spacial score (nSPS) is 15.3. The Bertz CT molecular complexity index is 859. The number of hydrogen-bond acceptors (Lipinski definition) is 5. The summed E-state index contributed by atoms with van der Waals surface area (Å²) in [5.41, 5.74) is 0.643. The van der Waals surface area contributed by atoms with Crippen molar-refractivity contribution >= 4 is 28.6 Å². The van der Waals surface area contributed by atoms with Gasteiger partial charge in [0, 0.05) is 19.1 Å². The molecule has 1 atom stereocenters. The highest BCUT2D eigenvalue weighted by molar-refractivity contribution is 8.00. The van der Waals surface area contributed by atoms with Gasteiger partial charge in [-0.2, -0.15) is 0 Å². The van der Waals surface area contributed by atoms with Gasteiger partial charge in [0.2, 0.25) is 5.91 Å². The number of para-hydroxylation sites is 1. The van der Waals surface area contributed by atoms with Crippen LogP contribution in [0, 0.1) is 0 Å². The number of rotatable bonds is 9. The molecule has 0 saturated heterocycles. The maximum absolute atomic E-state index is 13.1. The number of benzene rings is 1. The van der Waals surface area contributed by atoms with Crippen molar-refractivity contribution < 1.29 is 4.79 Å². The SMILES string of the molecule is CCN(CC)CCn1c(S[C@@H](C)C(=O)NC2CC2)nc2ccccc2c1=O. The molecule has 1 saturated carbocycles. The molecule has 1 aromatic heterocycles. The third-order valence-corrected chi connectivity index (χ3v) is 6.03. The smallest absolute Gasteiger partial charge is 0.262 e. The van der Waals surface area contributed by atoms with Gasteiger partial charge in [0.25, 0.3) is 5.56 Å². The summed E-state index contributed by atoms with van der Waals surface area (Å²) in [6, 6.07) is 7.74. The van der Waals surface area contributed by atoms with Gasteiger partial charge in [-0.1, -0.05) is 37.7 Å². The standard InChI is InChI=1S/C20H28N4O2S/c1-4-23(5-2)12-13-24-19(26)16-8-6-7-9-17(16)22-20(24)27-14(3)18(25)21-15-10-11-15/h6-9,14-15H,4-5,10-13H2,1-3H3,(H,21,25)/t14-/m0/s1. The highest BCUT2D eigenvalue weighted by Gasteiger charge is 2.27. The van der Waals surface area contributed by atoms with Crippen LogP contribution in [0.25, 0.3) is 10.9 Å². The number of nitrogens with one attached hydrogen (secondary N) is 1. The number of nitrogens with zero attached hydrogens (tertiary/aromatic N) is 3. The van der Waals surface area contributed by atoms with E-state index in [1.54, 1.807) is 4.57 Å². The van der Waals surface area contributed by atoms with E-state index < -0.39 is 0 Å². The zero-order valence-electron chi connectivity index (χ0n) is 16.3. The average Bonchev–Trinajstić information content (AvgIpc) is 3.48. The molecule has 0 unspecified atom stereocenters. The van der Waals surface area contributed by atoms with Crippen LogP contribution in [-0.2, 0) is 11.3 Å². The first-order valence-corrected chi connectivity index (χ1v) is 10.6. The largest absolute Gasteiger partial charge is 0.352 e. The molecular weight excluding hydrogens is 360 g/mol. The molecule has 1 aromatic carbocycles. The quantitative estimate of drug-likeness (QED) is 0.528. The van der Waals surface area contributed by atoms with Gasteiger partial charge in [0.05, 0.1) is 16.2 Å². The van der Waals surface area contributed by atoms with Crippen LogP contribution in [0.2, 0.25) is 0 Å². The Kier molecular flexibility index (Phi) is 6.55. The summed E-state index contributed by atoms with van der Waals surface area (Å²) in [5, 5.41) is 3.97. The molecule has 7 heteroatoms. The minimum absolute atomic E-state index is 0.0141. The van der Waals surface area contributed by atoms with Crippen molar-refractivity contribution in [3.63, 3.8) is 0 Å². The van der Waals surface area contributed by atoms with Crippen molar-refractivity contribution in [1.29, 1.82) is 0 Å². The highest BCUT2D eigenvalue weighted by Crippen LogP contribution is 2.25. The summed E-state index contributed by atoms with van der Waals surface area (Å²) < 4.78 is 1.73. The Morgan fingerprint density at radius 3 is 2.70 bits per heavy atom. The minimum Gasteiger partial charge on any atom is -0.352 e. The molecular formula is C20H28N4O2S. The Morgan fingerprint density at radius 2 is 2.04 bits per heavy atom. The van der Waals surface area contributed by atoms with Gasteiger partial charge in [-0.3, -0.25) is 14.2 Å². The summed E-state index contributed by atoms with van der Waals surface area (Å²) in [7, 11) is 0. The topological polar surface area (TPSA) is 67.2 Å². The molecule has 1 amide bonds. The first kappa shape index (κ1) is 19.9. The molecule has 0 aliphatic heterocycles. The van der Waals surface area contributed by atoms with Gasteiger partial charge in [-0.25, -0.2) is 4.98 Å². The van der Waals surface area contributed by atoms with Crippen LogP contribution in [0.4, 0.5) is 0 Å². The molecule has 1 N–H and O–H groups in total. The molecule has 1 heterocycles. The van der Waals surface area contributed by atoms with Gasteiger partial charge in [-0.15, -0.1) is 0 Å². The summed E-state index contributed by atoms with van der Waals surface area (Å²) in [5.74, 6) is 0.0141. The summed E-state index contributed by atoms with van der Waals surface area (Å²) >= 11 is 1.37.